The van der Waals surface area contributed by atoms with Crippen molar-refractivity contribution in [3.8, 4) is 28.7 Å². The number of hydrogen-bond acceptors (Lipinski definition) is 6. The molecule has 0 amide bonds. The van der Waals surface area contributed by atoms with Gasteiger partial charge < -0.3 is 14.2 Å². The molecule has 0 bridgehead atoms. The number of nitriles is 1. The molecule has 1 saturated heterocycles. The van der Waals surface area contributed by atoms with Gasteiger partial charge in [0.05, 0.1) is 23.0 Å². The summed E-state index contributed by atoms with van der Waals surface area (Å²) in [4.78, 5) is 9.44. The fourth-order valence-corrected chi connectivity index (χ4v) is 4.66. The Balaban J connectivity index is 1.81. The van der Waals surface area contributed by atoms with Crippen molar-refractivity contribution in [2.75, 3.05) is 32.1 Å². The Kier molecular flexibility index (Phi) is 4.95. The van der Waals surface area contributed by atoms with Gasteiger partial charge in [0, 0.05) is 37.9 Å². The number of nitrogens with zero attached hydrogens (tertiary/aromatic N) is 6. The summed E-state index contributed by atoms with van der Waals surface area (Å²) < 4.78 is 8.12. The molecule has 1 unspecified atom stereocenters. The molecule has 1 fully saturated rings. The van der Waals surface area contributed by atoms with Crippen molar-refractivity contribution in [3.63, 3.8) is 0 Å². The highest BCUT2D eigenvalue weighted by Gasteiger charge is 2.32. The van der Waals surface area contributed by atoms with Gasteiger partial charge in [-0.25, -0.2) is 4.98 Å². The summed E-state index contributed by atoms with van der Waals surface area (Å²) in [7, 11) is 6.11. The lowest BCUT2D eigenvalue weighted by Crippen LogP contribution is -2.31. The fourth-order valence-electron chi connectivity index (χ4n) is 4.66. The number of oxazole rings is 1. The van der Waals surface area contributed by atoms with E-state index in [0.717, 1.165) is 47.5 Å². The van der Waals surface area contributed by atoms with Crippen molar-refractivity contribution in [2.24, 2.45) is 7.05 Å². The lowest BCUT2D eigenvalue weighted by molar-refractivity contribution is 0.315. The third-order valence-corrected chi connectivity index (χ3v) is 6.40. The van der Waals surface area contributed by atoms with Gasteiger partial charge >= 0.3 is 0 Å². The molecule has 1 aliphatic heterocycles. The molecule has 3 heterocycles. The lowest BCUT2D eigenvalue weighted by Gasteiger charge is -2.25. The average Bonchev–Trinajstić information content (AvgIpc) is 3.53. The highest BCUT2D eigenvalue weighted by atomic mass is 16.3. The molecule has 0 aliphatic carbocycles. The molecule has 0 saturated carbocycles. The summed E-state index contributed by atoms with van der Waals surface area (Å²) in [5, 5.41) is 14.3. The maximum atomic E-state index is 10.1. The quantitative estimate of drug-likeness (QED) is 0.487. The number of rotatable bonds is 4. The van der Waals surface area contributed by atoms with Crippen molar-refractivity contribution in [2.45, 2.75) is 19.4 Å². The summed E-state index contributed by atoms with van der Waals surface area (Å²) in [5.41, 5.74) is 6.72. The van der Waals surface area contributed by atoms with Crippen LogP contribution in [-0.2, 0) is 7.05 Å². The third-order valence-electron chi connectivity index (χ3n) is 6.40. The largest absolute Gasteiger partial charge is 0.434 e. The summed E-state index contributed by atoms with van der Waals surface area (Å²) in [6.45, 7) is 3.84. The Morgan fingerprint density at radius 2 is 1.97 bits per heavy atom. The first-order valence-corrected chi connectivity index (χ1v) is 10.8. The molecule has 5 rings (SSSR count). The molecule has 32 heavy (non-hydrogen) atoms. The van der Waals surface area contributed by atoms with Gasteiger partial charge in [-0.05, 0) is 38.6 Å². The minimum absolute atomic E-state index is 0.463. The maximum Gasteiger partial charge on any atom is 0.230 e. The molecule has 7 heteroatoms. The van der Waals surface area contributed by atoms with Crippen molar-refractivity contribution in [1.82, 2.24) is 19.7 Å². The van der Waals surface area contributed by atoms with E-state index in [1.54, 1.807) is 10.9 Å². The van der Waals surface area contributed by atoms with Gasteiger partial charge in [0.15, 0.2) is 5.58 Å². The number of aromatic nitrogens is 3. The van der Waals surface area contributed by atoms with Gasteiger partial charge in [-0.15, -0.1) is 0 Å². The monoisotopic (exact) mass is 426 g/mol. The molecular formula is C25H26N6O. The van der Waals surface area contributed by atoms with Crippen LogP contribution in [0.15, 0.2) is 47.1 Å². The first-order chi connectivity index (χ1) is 15.5. The molecule has 162 valence electrons. The topological polar surface area (TPSA) is 74.1 Å². The Bertz CT molecular complexity index is 1330. The van der Waals surface area contributed by atoms with Crippen LogP contribution in [0.25, 0.3) is 33.7 Å². The highest BCUT2D eigenvalue weighted by molar-refractivity contribution is 6.03. The number of fused-ring (bicyclic) bond motifs is 1. The van der Waals surface area contributed by atoms with Crippen LogP contribution in [0.5, 0.6) is 0 Å². The standard InChI is InChI=1S/C25H26N6O/c1-16-20(12-26)22-24(32-25(28-22)18-13-27-30(4)14-18)23(21(16)17-8-6-5-7-9-17)31-11-10-19(15-31)29(2)3/h5-9,13-14,19H,10-11,15H2,1-4H3. The molecule has 0 radical (unpaired) electrons. The van der Waals surface area contributed by atoms with Gasteiger partial charge in [-0.1, -0.05) is 30.3 Å². The fraction of sp³-hybridized carbons (Fsp3) is 0.320. The normalized spacial score (nSPS) is 16.2. The van der Waals surface area contributed by atoms with Gasteiger partial charge in [0.2, 0.25) is 5.89 Å². The van der Waals surface area contributed by atoms with Crippen LogP contribution in [0.2, 0.25) is 0 Å². The second-order valence-corrected chi connectivity index (χ2v) is 8.65. The van der Waals surface area contributed by atoms with Crippen LogP contribution in [-0.4, -0.2) is 52.9 Å². The van der Waals surface area contributed by atoms with E-state index in [0.29, 0.717) is 28.6 Å². The second-order valence-electron chi connectivity index (χ2n) is 8.65. The molecule has 2 aromatic heterocycles. The minimum atomic E-state index is 0.463. The van der Waals surface area contributed by atoms with Crippen LogP contribution in [0.3, 0.4) is 0 Å². The van der Waals surface area contributed by atoms with Gasteiger partial charge in [0.25, 0.3) is 0 Å². The smallest absolute Gasteiger partial charge is 0.230 e. The average molecular weight is 427 g/mol. The summed E-state index contributed by atoms with van der Waals surface area (Å²) in [6.07, 6.45) is 4.68. The molecule has 2 aromatic carbocycles. The van der Waals surface area contributed by atoms with Crippen LogP contribution in [0.1, 0.15) is 17.5 Å². The van der Waals surface area contributed by atoms with E-state index in [2.05, 4.69) is 47.2 Å². The van der Waals surface area contributed by atoms with Gasteiger partial charge in [-0.2, -0.15) is 10.4 Å². The number of likely N-dealkylation sites (N-methyl/N-ethyl adjacent to an activating group) is 1. The van der Waals surface area contributed by atoms with Crippen LogP contribution >= 0.6 is 0 Å². The second kappa shape index (κ2) is 7.81. The van der Waals surface area contributed by atoms with E-state index in [4.69, 9.17) is 9.40 Å². The van der Waals surface area contributed by atoms with Gasteiger partial charge in [0.1, 0.15) is 11.6 Å². The molecule has 0 N–H and O–H groups in total. The first-order valence-electron chi connectivity index (χ1n) is 10.8. The predicted octanol–water partition coefficient (Wildman–Crippen LogP) is 4.22. The molecule has 1 aliphatic rings. The van der Waals surface area contributed by atoms with E-state index in [1.807, 2.05) is 38.4 Å². The number of anilines is 1. The highest BCUT2D eigenvalue weighted by Crippen LogP contribution is 2.45. The first kappa shape index (κ1) is 20.3. The van der Waals surface area contributed by atoms with Crippen LogP contribution in [0.4, 0.5) is 5.69 Å². The van der Waals surface area contributed by atoms with Crippen molar-refractivity contribution in [1.29, 1.82) is 5.26 Å². The van der Waals surface area contributed by atoms with E-state index < -0.39 is 0 Å². The molecule has 0 spiro atoms. The molecule has 4 aromatic rings. The van der Waals surface area contributed by atoms with E-state index in [1.165, 1.54) is 0 Å². The van der Waals surface area contributed by atoms with Crippen LogP contribution < -0.4 is 4.90 Å². The van der Waals surface area contributed by atoms with E-state index in [9.17, 15) is 5.26 Å². The van der Waals surface area contributed by atoms with Crippen LogP contribution in [0, 0.1) is 18.3 Å². The molecule has 7 nitrogen and oxygen atoms in total. The summed E-state index contributed by atoms with van der Waals surface area (Å²) in [6, 6.07) is 13.1. The molecular weight excluding hydrogens is 400 g/mol. The zero-order chi connectivity index (χ0) is 22.4. The number of aryl methyl sites for hydroxylation is 1. The van der Waals surface area contributed by atoms with E-state index >= 15 is 0 Å². The van der Waals surface area contributed by atoms with Crippen molar-refractivity contribution >= 4 is 16.8 Å². The summed E-state index contributed by atoms with van der Waals surface area (Å²) >= 11 is 0. The Morgan fingerprint density at radius 3 is 2.59 bits per heavy atom. The van der Waals surface area contributed by atoms with Crippen molar-refractivity contribution < 1.29 is 4.42 Å². The number of benzene rings is 2. The predicted molar refractivity (Wildman–Crippen MR) is 125 cm³/mol. The SMILES string of the molecule is Cc1c(-c2ccccc2)c(N2CCC(N(C)C)C2)c2oc(-c3cnn(C)c3)nc2c1C#N. The lowest BCUT2D eigenvalue weighted by atomic mass is 9.93. The molecule has 1 atom stereocenters. The minimum Gasteiger partial charge on any atom is -0.434 e. The van der Waals surface area contributed by atoms with E-state index in [-0.39, 0.29) is 0 Å². The van der Waals surface area contributed by atoms with Gasteiger partial charge in [-0.3, -0.25) is 4.68 Å². The Hall–Kier alpha value is -3.63. The third kappa shape index (κ3) is 3.24. The number of hydrogen-bond donors (Lipinski definition) is 0. The Morgan fingerprint density at radius 1 is 1.19 bits per heavy atom. The Labute approximate surface area is 187 Å². The zero-order valence-corrected chi connectivity index (χ0v) is 18.8. The zero-order valence-electron chi connectivity index (χ0n) is 18.8. The maximum absolute atomic E-state index is 10.1. The van der Waals surface area contributed by atoms with Crippen molar-refractivity contribution in [3.05, 3.63) is 53.9 Å². The summed E-state index contributed by atoms with van der Waals surface area (Å²) in [5.74, 6) is 0.485.